The number of carbonyl (C=O) groups excluding carboxylic acids is 1. The van der Waals surface area contributed by atoms with E-state index in [2.05, 4.69) is 0 Å². The Bertz CT molecular complexity index is 503. The van der Waals surface area contributed by atoms with Crippen molar-refractivity contribution >= 4 is 16.4 Å². The van der Waals surface area contributed by atoms with Crippen molar-refractivity contribution in [3.63, 3.8) is 0 Å². The summed E-state index contributed by atoms with van der Waals surface area (Å²) in [5, 5.41) is 0. The van der Waals surface area contributed by atoms with Gasteiger partial charge in [0.05, 0.1) is 5.75 Å². The smallest absolute Gasteiger partial charge is 0.308 e. The van der Waals surface area contributed by atoms with Gasteiger partial charge in [-0.25, -0.2) is 0 Å². The van der Waals surface area contributed by atoms with E-state index in [-0.39, 0.29) is 11.5 Å². The zero-order valence-corrected chi connectivity index (χ0v) is 10.3. The Kier molecular flexibility index (Phi) is 3.70. The lowest BCUT2D eigenvalue weighted by molar-refractivity contribution is 0.112. The average Bonchev–Trinajstić information content (AvgIpc) is 2.25. The van der Waals surface area contributed by atoms with E-state index in [1.54, 1.807) is 19.9 Å². The summed E-state index contributed by atoms with van der Waals surface area (Å²) in [7, 11) is -3.52. The minimum Gasteiger partial charge on any atom is -0.382 e. The maximum atomic E-state index is 11.3. The third-order valence-electron chi connectivity index (χ3n) is 2.48. The second-order valence-corrected chi connectivity index (χ2v) is 5.31. The van der Waals surface area contributed by atoms with Crippen LogP contribution in [0.5, 0.6) is 5.75 Å². The maximum absolute atomic E-state index is 11.3. The van der Waals surface area contributed by atoms with Gasteiger partial charge in [-0.15, -0.1) is 0 Å². The molecule has 0 unspecified atom stereocenters. The van der Waals surface area contributed by atoms with Crippen LogP contribution in [0.15, 0.2) is 12.1 Å². The number of benzene rings is 1. The largest absolute Gasteiger partial charge is 0.382 e. The third-order valence-corrected chi connectivity index (χ3v) is 3.62. The zero-order chi connectivity index (χ0) is 12.3. The highest BCUT2D eigenvalue weighted by Crippen LogP contribution is 2.24. The molecule has 0 saturated heterocycles. The highest BCUT2D eigenvalue weighted by atomic mass is 32.2. The lowest BCUT2D eigenvalue weighted by Gasteiger charge is -2.11. The molecule has 0 heterocycles. The second kappa shape index (κ2) is 4.65. The van der Waals surface area contributed by atoms with Gasteiger partial charge in [-0.2, -0.15) is 8.42 Å². The molecule has 0 spiro atoms. The van der Waals surface area contributed by atoms with Crippen molar-refractivity contribution in [3.05, 3.63) is 28.8 Å². The van der Waals surface area contributed by atoms with Gasteiger partial charge >= 0.3 is 10.1 Å². The van der Waals surface area contributed by atoms with Gasteiger partial charge in [-0.3, -0.25) is 4.79 Å². The van der Waals surface area contributed by atoms with Crippen LogP contribution >= 0.6 is 0 Å². The molecule has 0 fully saturated rings. The van der Waals surface area contributed by atoms with Crippen LogP contribution in [0, 0.1) is 13.8 Å². The molecular formula is C11H14O4S. The Hall–Kier alpha value is -1.36. The van der Waals surface area contributed by atoms with Gasteiger partial charge in [0.15, 0.2) is 0 Å². The Balaban J connectivity index is 3.18. The first-order chi connectivity index (χ1) is 7.41. The minimum atomic E-state index is -3.52. The SMILES string of the molecule is CCS(=O)(=O)Oc1ccc(C=O)c(C)c1C. The van der Waals surface area contributed by atoms with E-state index in [1.807, 2.05) is 0 Å². The van der Waals surface area contributed by atoms with Crippen LogP contribution in [0.25, 0.3) is 0 Å². The number of hydrogen-bond donors (Lipinski definition) is 0. The highest BCUT2D eigenvalue weighted by molar-refractivity contribution is 7.87. The van der Waals surface area contributed by atoms with Crippen LogP contribution in [-0.4, -0.2) is 20.5 Å². The maximum Gasteiger partial charge on any atom is 0.308 e. The molecule has 1 aromatic carbocycles. The molecular weight excluding hydrogens is 228 g/mol. The van der Waals surface area contributed by atoms with Crippen LogP contribution in [0.4, 0.5) is 0 Å². The zero-order valence-electron chi connectivity index (χ0n) is 9.48. The lowest BCUT2D eigenvalue weighted by atomic mass is 10.0. The van der Waals surface area contributed by atoms with Crippen molar-refractivity contribution in [2.75, 3.05) is 5.75 Å². The topological polar surface area (TPSA) is 60.4 Å². The molecule has 0 N–H and O–H groups in total. The molecule has 88 valence electrons. The first-order valence-corrected chi connectivity index (χ1v) is 6.46. The molecule has 0 aromatic heterocycles. The summed E-state index contributed by atoms with van der Waals surface area (Å²) in [5.74, 6) is 0.200. The van der Waals surface area contributed by atoms with Crippen LogP contribution < -0.4 is 4.18 Å². The van der Waals surface area contributed by atoms with Crippen molar-refractivity contribution in [1.29, 1.82) is 0 Å². The predicted octanol–water partition coefficient (Wildman–Crippen LogP) is 1.84. The summed E-state index contributed by atoms with van der Waals surface area (Å²) in [6, 6.07) is 3.05. The number of carbonyl (C=O) groups is 1. The summed E-state index contributed by atoms with van der Waals surface area (Å²) in [5.41, 5.74) is 1.94. The third kappa shape index (κ3) is 2.61. The van der Waals surface area contributed by atoms with Crippen molar-refractivity contribution in [3.8, 4) is 5.75 Å². The lowest BCUT2D eigenvalue weighted by Crippen LogP contribution is -2.12. The Morgan fingerprint density at radius 3 is 2.38 bits per heavy atom. The van der Waals surface area contributed by atoms with Crippen LogP contribution in [0.2, 0.25) is 0 Å². The van der Waals surface area contributed by atoms with Gasteiger partial charge in [-0.05, 0) is 44.0 Å². The number of aldehydes is 1. The first-order valence-electron chi connectivity index (χ1n) is 4.88. The molecule has 1 rings (SSSR count). The summed E-state index contributed by atoms with van der Waals surface area (Å²) < 4.78 is 27.5. The van der Waals surface area contributed by atoms with E-state index in [0.29, 0.717) is 11.1 Å². The minimum absolute atomic E-state index is 0.0824. The van der Waals surface area contributed by atoms with Crippen molar-refractivity contribution in [2.24, 2.45) is 0 Å². The van der Waals surface area contributed by atoms with Gasteiger partial charge in [0.25, 0.3) is 0 Å². The molecule has 0 saturated carbocycles. The summed E-state index contributed by atoms with van der Waals surface area (Å²) in [6.45, 7) is 4.99. The molecule has 0 radical (unpaired) electrons. The van der Waals surface area contributed by atoms with Crippen molar-refractivity contribution < 1.29 is 17.4 Å². The fraction of sp³-hybridized carbons (Fsp3) is 0.364. The van der Waals surface area contributed by atoms with Gasteiger partial charge < -0.3 is 4.18 Å². The van der Waals surface area contributed by atoms with Gasteiger partial charge in [0.1, 0.15) is 12.0 Å². The summed E-state index contributed by atoms with van der Waals surface area (Å²) in [4.78, 5) is 10.7. The molecule has 0 atom stereocenters. The summed E-state index contributed by atoms with van der Waals surface area (Å²) in [6.07, 6.45) is 0.737. The van der Waals surface area contributed by atoms with E-state index in [9.17, 15) is 13.2 Å². The Labute approximate surface area is 95.4 Å². The number of rotatable bonds is 4. The quantitative estimate of drug-likeness (QED) is 0.597. The molecule has 1 aromatic rings. The molecule has 0 amide bonds. The van der Waals surface area contributed by atoms with Crippen LogP contribution in [-0.2, 0) is 10.1 Å². The Morgan fingerprint density at radius 2 is 1.88 bits per heavy atom. The molecule has 0 aliphatic heterocycles. The second-order valence-electron chi connectivity index (χ2n) is 3.45. The van der Waals surface area contributed by atoms with Crippen molar-refractivity contribution in [1.82, 2.24) is 0 Å². The molecule has 0 aliphatic rings. The van der Waals surface area contributed by atoms with E-state index in [1.165, 1.54) is 13.0 Å². The van der Waals surface area contributed by atoms with Crippen molar-refractivity contribution in [2.45, 2.75) is 20.8 Å². The highest BCUT2D eigenvalue weighted by Gasteiger charge is 2.13. The first kappa shape index (κ1) is 12.7. The fourth-order valence-electron chi connectivity index (χ4n) is 1.23. The molecule has 16 heavy (non-hydrogen) atoms. The number of hydrogen-bond acceptors (Lipinski definition) is 4. The Morgan fingerprint density at radius 1 is 1.25 bits per heavy atom. The summed E-state index contributed by atoms with van der Waals surface area (Å²) >= 11 is 0. The standard InChI is InChI=1S/C11H14O4S/c1-4-16(13,14)15-11-6-5-10(7-12)8(2)9(11)3/h5-7H,4H2,1-3H3. The molecule has 0 aliphatic carbocycles. The van der Waals surface area contributed by atoms with E-state index >= 15 is 0 Å². The molecule has 0 bridgehead atoms. The van der Waals surface area contributed by atoms with E-state index in [0.717, 1.165) is 11.8 Å². The van der Waals surface area contributed by atoms with E-state index < -0.39 is 10.1 Å². The monoisotopic (exact) mass is 242 g/mol. The normalized spacial score (nSPS) is 11.2. The van der Waals surface area contributed by atoms with Crippen LogP contribution in [0.1, 0.15) is 28.4 Å². The molecule has 4 nitrogen and oxygen atoms in total. The average molecular weight is 242 g/mol. The van der Waals surface area contributed by atoms with E-state index in [4.69, 9.17) is 4.18 Å². The van der Waals surface area contributed by atoms with Gasteiger partial charge in [0, 0.05) is 5.56 Å². The predicted molar refractivity (Wildman–Crippen MR) is 61.4 cm³/mol. The van der Waals surface area contributed by atoms with Gasteiger partial charge in [0.2, 0.25) is 0 Å². The fourth-order valence-corrected chi connectivity index (χ4v) is 1.80. The van der Waals surface area contributed by atoms with Gasteiger partial charge in [-0.1, -0.05) is 0 Å². The van der Waals surface area contributed by atoms with Crippen LogP contribution in [0.3, 0.4) is 0 Å². The molecule has 5 heteroatoms.